The molecule has 1 saturated heterocycles. The molecule has 1 aliphatic heterocycles. The summed E-state index contributed by atoms with van der Waals surface area (Å²) in [5, 5.41) is 19.4. The summed E-state index contributed by atoms with van der Waals surface area (Å²) >= 11 is 0. The van der Waals surface area contributed by atoms with Crippen molar-refractivity contribution >= 4 is 5.91 Å². The number of hydrogen-bond acceptors (Lipinski definition) is 6. The number of amides is 1. The highest BCUT2D eigenvalue weighted by Crippen LogP contribution is 2.28. The second-order valence-electron chi connectivity index (χ2n) is 7.29. The van der Waals surface area contributed by atoms with Crippen LogP contribution in [0.25, 0.3) is 11.4 Å². The Labute approximate surface area is 158 Å². The lowest BCUT2D eigenvalue weighted by Crippen LogP contribution is -2.44. The number of nitrogens with one attached hydrogen (secondary N) is 2. The predicted octanol–water partition coefficient (Wildman–Crippen LogP) is 1.18. The van der Waals surface area contributed by atoms with Crippen LogP contribution in [0.5, 0.6) is 0 Å². The fraction of sp³-hybridized carbons (Fsp3) is 0.579. The van der Waals surface area contributed by atoms with Crippen LogP contribution < -0.4 is 10.6 Å². The Kier molecular flexibility index (Phi) is 5.74. The van der Waals surface area contributed by atoms with Crippen LogP contribution in [0.3, 0.4) is 0 Å². The van der Waals surface area contributed by atoms with Gasteiger partial charge in [0.15, 0.2) is 0 Å². The molecule has 2 aromatic rings. The van der Waals surface area contributed by atoms with Gasteiger partial charge in [-0.25, -0.2) is 0 Å². The molecule has 2 aliphatic rings. The lowest BCUT2D eigenvalue weighted by Gasteiger charge is -2.29. The van der Waals surface area contributed by atoms with Crippen molar-refractivity contribution < 1.29 is 9.53 Å². The first-order valence-electron chi connectivity index (χ1n) is 9.73. The Hall–Kier alpha value is -2.32. The maximum atomic E-state index is 12.5. The molecule has 1 unspecified atom stereocenters. The minimum Gasteiger partial charge on any atom is -0.379 e. The number of ether oxygens (including phenoxy) is 1. The van der Waals surface area contributed by atoms with Crippen molar-refractivity contribution in [2.24, 2.45) is 5.92 Å². The maximum Gasteiger partial charge on any atom is 0.226 e. The van der Waals surface area contributed by atoms with Crippen LogP contribution in [0.1, 0.15) is 31.7 Å². The molecule has 2 fully saturated rings. The molecular weight excluding hydrogens is 344 g/mol. The minimum absolute atomic E-state index is 0.0955. The Morgan fingerprint density at radius 1 is 1.19 bits per heavy atom. The fourth-order valence-corrected chi connectivity index (χ4v) is 3.73. The largest absolute Gasteiger partial charge is 0.379 e. The highest BCUT2D eigenvalue weighted by molar-refractivity contribution is 5.79. The summed E-state index contributed by atoms with van der Waals surface area (Å²) < 4.78 is 5.48. The quantitative estimate of drug-likeness (QED) is 0.839. The summed E-state index contributed by atoms with van der Waals surface area (Å²) in [5.74, 6) is 0.653. The summed E-state index contributed by atoms with van der Waals surface area (Å²) in [4.78, 5) is 14.2. The normalized spacial score (nSPS) is 26.3. The molecule has 1 aliphatic carbocycles. The molecule has 0 spiro atoms. The fourth-order valence-electron chi connectivity index (χ4n) is 3.73. The van der Waals surface area contributed by atoms with E-state index in [-0.39, 0.29) is 23.9 Å². The van der Waals surface area contributed by atoms with Crippen molar-refractivity contribution in [2.75, 3.05) is 26.3 Å². The van der Waals surface area contributed by atoms with Crippen LogP contribution in [0.15, 0.2) is 30.3 Å². The molecule has 2 N–H and O–H groups in total. The van der Waals surface area contributed by atoms with Crippen LogP contribution in [0, 0.1) is 5.92 Å². The van der Waals surface area contributed by atoms with Gasteiger partial charge in [0.2, 0.25) is 11.7 Å². The van der Waals surface area contributed by atoms with Crippen LogP contribution >= 0.6 is 0 Å². The number of carbonyl (C=O) groups is 1. The number of benzene rings is 1. The Bertz CT molecular complexity index is 734. The van der Waals surface area contributed by atoms with Gasteiger partial charge in [-0.05, 0) is 30.9 Å². The molecule has 0 bridgehead atoms. The maximum absolute atomic E-state index is 12.5. The first-order valence-corrected chi connectivity index (χ1v) is 9.73. The number of aromatic nitrogens is 4. The molecule has 8 heteroatoms. The molecule has 2 heterocycles. The van der Waals surface area contributed by atoms with Gasteiger partial charge in [-0.15, -0.1) is 10.2 Å². The smallest absolute Gasteiger partial charge is 0.226 e. The van der Waals surface area contributed by atoms with E-state index < -0.39 is 0 Å². The number of nitrogens with zero attached hydrogens (tertiary/aromatic N) is 4. The van der Waals surface area contributed by atoms with E-state index in [0.29, 0.717) is 25.6 Å². The van der Waals surface area contributed by atoms with Gasteiger partial charge in [0.05, 0.1) is 25.2 Å². The van der Waals surface area contributed by atoms with Gasteiger partial charge >= 0.3 is 0 Å². The van der Waals surface area contributed by atoms with E-state index >= 15 is 0 Å². The molecule has 1 saturated carbocycles. The zero-order chi connectivity index (χ0) is 18.5. The van der Waals surface area contributed by atoms with Crippen molar-refractivity contribution in [3.63, 3.8) is 0 Å². The van der Waals surface area contributed by atoms with Gasteiger partial charge in [0.25, 0.3) is 0 Å². The third-order valence-corrected chi connectivity index (χ3v) is 5.33. The summed E-state index contributed by atoms with van der Waals surface area (Å²) in [6.45, 7) is 2.67. The topological polar surface area (TPSA) is 94.0 Å². The van der Waals surface area contributed by atoms with Gasteiger partial charge in [-0.3, -0.25) is 4.79 Å². The molecule has 1 aromatic heterocycles. The first-order chi connectivity index (χ1) is 13.3. The lowest BCUT2D eigenvalue weighted by molar-refractivity contribution is -0.127. The van der Waals surface area contributed by atoms with Crippen molar-refractivity contribution in [3.05, 3.63) is 30.3 Å². The second-order valence-corrected chi connectivity index (χ2v) is 7.29. The zero-order valence-corrected chi connectivity index (χ0v) is 15.4. The van der Waals surface area contributed by atoms with E-state index in [1.54, 1.807) is 4.80 Å². The molecule has 144 valence electrons. The summed E-state index contributed by atoms with van der Waals surface area (Å²) in [7, 11) is 0. The number of hydrogen-bond donors (Lipinski definition) is 2. The van der Waals surface area contributed by atoms with Crippen molar-refractivity contribution in [1.29, 1.82) is 0 Å². The third kappa shape index (κ3) is 4.51. The Morgan fingerprint density at radius 2 is 2.00 bits per heavy atom. The number of carbonyl (C=O) groups excluding carboxylic acids is 1. The van der Waals surface area contributed by atoms with Gasteiger partial charge in [-0.1, -0.05) is 30.3 Å². The van der Waals surface area contributed by atoms with E-state index in [2.05, 4.69) is 26.0 Å². The highest BCUT2D eigenvalue weighted by Gasteiger charge is 2.28. The molecule has 27 heavy (non-hydrogen) atoms. The number of tetrazole rings is 1. The molecule has 8 nitrogen and oxygen atoms in total. The average molecular weight is 370 g/mol. The molecule has 4 rings (SSSR count). The first kappa shape index (κ1) is 18.1. The standard InChI is InChI=1S/C19H26N6O2/c26-19(15-12-20-10-11-27-13-15)21-16-6-8-17(9-7-16)25-23-18(22-24-25)14-4-2-1-3-5-14/h1-5,15-17,20H,6-13H2,(H,21,26). The van der Waals surface area contributed by atoms with E-state index in [1.165, 1.54) is 0 Å². The van der Waals surface area contributed by atoms with Crippen LogP contribution in [0.2, 0.25) is 0 Å². The molecular formula is C19H26N6O2. The van der Waals surface area contributed by atoms with Gasteiger partial charge < -0.3 is 15.4 Å². The molecule has 1 amide bonds. The van der Waals surface area contributed by atoms with Gasteiger partial charge in [-0.2, -0.15) is 4.80 Å². The summed E-state index contributed by atoms with van der Waals surface area (Å²) in [6, 6.07) is 10.3. The van der Waals surface area contributed by atoms with Crippen molar-refractivity contribution in [2.45, 2.75) is 37.8 Å². The Morgan fingerprint density at radius 3 is 2.81 bits per heavy atom. The lowest BCUT2D eigenvalue weighted by atomic mass is 9.91. The van der Waals surface area contributed by atoms with Crippen molar-refractivity contribution in [1.82, 2.24) is 30.8 Å². The van der Waals surface area contributed by atoms with Crippen LogP contribution in [0.4, 0.5) is 0 Å². The molecule has 1 aromatic carbocycles. The number of rotatable bonds is 4. The highest BCUT2D eigenvalue weighted by atomic mass is 16.5. The molecule has 0 radical (unpaired) electrons. The Balaban J connectivity index is 1.29. The predicted molar refractivity (Wildman–Crippen MR) is 99.9 cm³/mol. The zero-order valence-electron chi connectivity index (χ0n) is 15.4. The van der Waals surface area contributed by atoms with Gasteiger partial charge in [0, 0.05) is 24.7 Å². The summed E-state index contributed by atoms with van der Waals surface area (Å²) in [6.07, 6.45) is 3.74. The van der Waals surface area contributed by atoms with E-state index in [4.69, 9.17) is 4.74 Å². The van der Waals surface area contributed by atoms with Crippen LogP contribution in [-0.4, -0.2) is 58.5 Å². The van der Waals surface area contributed by atoms with Crippen LogP contribution in [-0.2, 0) is 9.53 Å². The summed E-state index contributed by atoms with van der Waals surface area (Å²) in [5.41, 5.74) is 0.976. The minimum atomic E-state index is -0.101. The monoisotopic (exact) mass is 370 g/mol. The third-order valence-electron chi connectivity index (χ3n) is 5.33. The molecule has 1 atom stereocenters. The SMILES string of the molecule is O=C(NC1CCC(n2nnc(-c3ccccc3)n2)CC1)C1CNCCOC1. The van der Waals surface area contributed by atoms with E-state index in [1.807, 2.05) is 30.3 Å². The van der Waals surface area contributed by atoms with Crippen molar-refractivity contribution in [3.8, 4) is 11.4 Å². The second kappa shape index (κ2) is 8.58. The van der Waals surface area contributed by atoms with E-state index in [0.717, 1.165) is 37.8 Å². The van der Waals surface area contributed by atoms with E-state index in [9.17, 15) is 4.79 Å². The average Bonchev–Trinajstić information content (AvgIpc) is 3.04. The van der Waals surface area contributed by atoms with Gasteiger partial charge in [0.1, 0.15) is 0 Å².